The first kappa shape index (κ1) is 28.9. The molecular formula is C32H32N2O7S. The molecule has 4 aromatic rings. The van der Waals surface area contributed by atoms with Crippen LogP contribution in [0.1, 0.15) is 44.4 Å². The Kier molecular flexibility index (Phi) is 8.63. The number of carbonyl (C=O) groups is 2. The number of ketones is 1. The van der Waals surface area contributed by atoms with Gasteiger partial charge in [0.1, 0.15) is 17.3 Å². The van der Waals surface area contributed by atoms with E-state index in [0.29, 0.717) is 64.6 Å². The van der Waals surface area contributed by atoms with Gasteiger partial charge in [-0.2, -0.15) is 0 Å². The lowest BCUT2D eigenvalue weighted by Crippen LogP contribution is -2.29. The van der Waals surface area contributed by atoms with Crippen LogP contribution in [0.5, 0.6) is 23.0 Å². The van der Waals surface area contributed by atoms with Crippen LogP contribution in [-0.2, 0) is 9.59 Å². The molecule has 1 atom stereocenters. The number of methoxy groups -OCH3 is 1. The summed E-state index contributed by atoms with van der Waals surface area (Å²) < 4.78 is 23.4. The zero-order valence-corrected chi connectivity index (χ0v) is 24.7. The van der Waals surface area contributed by atoms with Gasteiger partial charge in [-0.1, -0.05) is 24.3 Å². The maximum atomic E-state index is 13.7. The van der Waals surface area contributed by atoms with Crippen molar-refractivity contribution in [3.05, 3.63) is 77.4 Å². The van der Waals surface area contributed by atoms with Crippen LogP contribution in [0.15, 0.2) is 66.2 Å². The number of amides is 1. The van der Waals surface area contributed by atoms with Crippen molar-refractivity contribution in [2.24, 2.45) is 0 Å². The van der Waals surface area contributed by atoms with Crippen LogP contribution in [0, 0.1) is 0 Å². The molecule has 1 fully saturated rings. The summed E-state index contributed by atoms with van der Waals surface area (Å²) in [6, 6.07) is 16.4. The Hall–Kier alpha value is -4.57. The predicted molar refractivity (Wildman–Crippen MR) is 162 cm³/mol. The van der Waals surface area contributed by atoms with Crippen molar-refractivity contribution in [2.45, 2.75) is 33.2 Å². The standard InChI is InChI=1S/C32H32N2O7S/c1-5-16-41-24-15-10-20(17-25(24)40-7-3)28-27(29(35)19-8-11-21(38-4)12-9-19)30(36)31(37)34(28)32-33-23-14-13-22(39-6-2)18-26(23)42-32/h8-15,17-18,28,35H,5-7,16H2,1-4H3. The highest BCUT2D eigenvalue weighted by Gasteiger charge is 2.48. The van der Waals surface area contributed by atoms with Crippen LogP contribution in [0.2, 0.25) is 0 Å². The van der Waals surface area contributed by atoms with Crippen LogP contribution >= 0.6 is 11.3 Å². The van der Waals surface area contributed by atoms with E-state index >= 15 is 0 Å². The molecule has 1 saturated heterocycles. The molecule has 1 aromatic heterocycles. The summed E-state index contributed by atoms with van der Waals surface area (Å²) in [4.78, 5) is 33.4. The van der Waals surface area contributed by atoms with E-state index in [1.807, 2.05) is 39.0 Å². The smallest absolute Gasteiger partial charge is 0.301 e. The number of Topliss-reactive ketones (excluding diaryl/α,β-unsaturated/α-hetero) is 1. The Morgan fingerprint density at radius 2 is 1.64 bits per heavy atom. The van der Waals surface area contributed by atoms with Gasteiger partial charge in [0.05, 0.1) is 48.8 Å². The maximum Gasteiger partial charge on any atom is 0.301 e. The van der Waals surface area contributed by atoms with E-state index in [0.717, 1.165) is 11.1 Å². The van der Waals surface area contributed by atoms with Gasteiger partial charge in [-0.15, -0.1) is 0 Å². The van der Waals surface area contributed by atoms with Crippen molar-refractivity contribution < 1.29 is 33.6 Å². The molecule has 0 bridgehead atoms. The van der Waals surface area contributed by atoms with Crippen LogP contribution in [0.4, 0.5) is 5.13 Å². The summed E-state index contributed by atoms with van der Waals surface area (Å²) in [5, 5.41) is 11.8. The van der Waals surface area contributed by atoms with Gasteiger partial charge in [0, 0.05) is 5.56 Å². The quantitative estimate of drug-likeness (QED) is 0.120. The zero-order valence-electron chi connectivity index (χ0n) is 23.9. The van der Waals surface area contributed by atoms with Crippen molar-refractivity contribution in [3.8, 4) is 23.0 Å². The average Bonchev–Trinajstić information content (AvgIpc) is 3.54. The highest BCUT2D eigenvalue weighted by Crippen LogP contribution is 2.46. The van der Waals surface area contributed by atoms with E-state index in [1.165, 1.54) is 16.2 Å². The van der Waals surface area contributed by atoms with Crippen LogP contribution in [0.25, 0.3) is 16.0 Å². The van der Waals surface area contributed by atoms with Gasteiger partial charge in [0.25, 0.3) is 5.78 Å². The molecule has 5 rings (SSSR count). The molecule has 0 spiro atoms. The Balaban J connectivity index is 1.69. The Bertz CT molecular complexity index is 1640. The second-order valence-electron chi connectivity index (χ2n) is 9.44. The van der Waals surface area contributed by atoms with Crippen molar-refractivity contribution in [3.63, 3.8) is 0 Å². The first-order valence-electron chi connectivity index (χ1n) is 13.8. The van der Waals surface area contributed by atoms with Crippen molar-refractivity contribution in [2.75, 3.05) is 31.8 Å². The van der Waals surface area contributed by atoms with Crippen LogP contribution in [0.3, 0.4) is 0 Å². The van der Waals surface area contributed by atoms with Gasteiger partial charge >= 0.3 is 5.91 Å². The van der Waals surface area contributed by atoms with Gasteiger partial charge in [0.15, 0.2) is 16.6 Å². The van der Waals surface area contributed by atoms with Crippen molar-refractivity contribution in [1.29, 1.82) is 0 Å². The number of aromatic nitrogens is 1. The van der Waals surface area contributed by atoms with Gasteiger partial charge in [-0.25, -0.2) is 4.98 Å². The third-order valence-electron chi connectivity index (χ3n) is 6.72. The number of hydrogen-bond donors (Lipinski definition) is 1. The number of hydrogen-bond acceptors (Lipinski definition) is 9. The molecule has 0 aliphatic carbocycles. The summed E-state index contributed by atoms with van der Waals surface area (Å²) in [6.07, 6.45) is 0.817. The summed E-state index contributed by atoms with van der Waals surface area (Å²) in [5.41, 5.74) is 1.54. The second kappa shape index (κ2) is 12.5. The van der Waals surface area contributed by atoms with E-state index in [-0.39, 0.29) is 11.3 Å². The average molecular weight is 589 g/mol. The van der Waals surface area contributed by atoms with E-state index < -0.39 is 17.7 Å². The van der Waals surface area contributed by atoms with E-state index in [2.05, 4.69) is 0 Å². The number of aliphatic hydroxyl groups is 1. The summed E-state index contributed by atoms with van der Waals surface area (Å²) in [6.45, 7) is 7.18. The topological polar surface area (TPSA) is 107 Å². The molecular weight excluding hydrogens is 556 g/mol. The van der Waals surface area contributed by atoms with Crippen LogP contribution in [-0.4, -0.2) is 48.7 Å². The highest BCUT2D eigenvalue weighted by atomic mass is 32.1. The van der Waals surface area contributed by atoms with E-state index in [4.69, 9.17) is 23.9 Å². The third kappa shape index (κ3) is 5.49. The first-order chi connectivity index (χ1) is 20.4. The highest BCUT2D eigenvalue weighted by molar-refractivity contribution is 7.22. The zero-order chi connectivity index (χ0) is 29.8. The van der Waals surface area contributed by atoms with E-state index in [1.54, 1.807) is 49.6 Å². The molecule has 9 nitrogen and oxygen atoms in total. The number of carbonyl (C=O) groups excluding carboxylic acids is 2. The number of nitrogens with zero attached hydrogens (tertiary/aromatic N) is 2. The van der Waals surface area contributed by atoms with Gasteiger partial charge in [0.2, 0.25) is 0 Å². The van der Waals surface area contributed by atoms with Gasteiger partial charge in [-0.3, -0.25) is 14.5 Å². The number of ether oxygens (including phenoxy) is 4. The van der Waals surface area contributed by atoms with E-state index in [9.17, 15) is 14.7 Å². The Morgan fingerprint density at radius 1 is 0.905 bits per heavy atom. The molecule has 1 N–H and O–H groups in total. The lowest BCUT2D eigenvalue weighted by Gasteiger charge is -2.24. The minimum atomic E-state index is -0.974. The number of benzene rings is 3. The molecule has 0 saturated carbocycles. The molecule has 1 amide bonds. The SMILES string of the molecule is CCCOc1ccc(C2C(=C(O)c3ccc(OC)cc3)C(=O)C(=O)N2c2nc3ccc(OCC)cc3s2)cc1OCC. The fourth-order valence-corrected chi connectivity index (χ4v) is 5.82. The fraction of sp³-hybridized carbons (Fsp3) is 0.281. The summed E-state index contributed by atoms with van der Waals surface area (Å²) >= 11 is 1.27. The molecule has 2 heterocycles. The summed E-state index contributed by atoms with van der Waals surface area (Å²) in [7, 11) is 1.54. The Morgan fingerprint density at radius 3 is 2.33 bits per heavy atom. The number of thiazole rings is 1. The fourth-order valence-electron chi connectivity index (χ4n) is 4.80. The monoisotopic (exact) mass is 588 g/mol. The molecule has 218 valence electrons. The Labute approximate surface area is 247 Å². The largest absolute Gasteiger partial charge is 0.507 e. The maximum absolute atomic E-state index is 13.7. The third-order valence-corrected chi connectivity index (χ3v) is 7.74. The number of aliphatic hydroxyl groups excluding tert-OH is 1. The molecule has 0 radical (unpaired) electrons. The second-order valence-corrected chi connectivity index (χ2v) is 10.5. The first-order valence-corrected chi connectivity index (χ1v) is 14.6. The molecule has 1 unspecified atom stereocenters. The van der Waals surface area contributed by atoms with Crippen molar-refractivity contribution >= 4 is 44.1 Å². The predicted octanol–water partition coefficient (Wildman–Crippen LogP) is 6.52. The van der Waals surface area contributed by atoms with Gasteiger partial charge in [-0.05, 0) is 80.4 Å². The summed E-state index contributed by atoms with van der Waals surface area (Å²) in [5.74, 6) is 0.403. The van der Waals surface area contributed by atoms with Crippen LogP contribution < -0.4 is 23.8 Å². The number of anilines is 1. The number of rotatable bonds is 11. The molecule has 3 aromatic carbocycles. The lowest BCUT2D eigenvalue weighted by molar-refractivity contribution is -0.132. The molecule has 1 aliphatic rings. The van der Waals surface area contributed by atoms with Crippen molar-refractivity contribution in [1.82, 2.24) is 4.98 Å². The molecule has 10 heteroatoms. The molecule has 42 heavy (non-hydrogen) atoms. The van der Waals surface area contributed by atoms with Gasteiger partial charge < -0.3 is 24.1 Å². The normalized spacial score (nSPS) is 16.2. The minimum Gasteiger partial charge on any atom is -0.507 e. The lowest BCUT2D eigenvalue weighted by atomic mass is 9.95. The molecule has 1 aliphatic heterocycles. The number of fused-ring (bicyclic) bond motifs is 1. The minimum absolute atomic E-state index is 0.0518.